The number of halogens is 6. The van der Waals surface area contributed by atoms with Crippen molar-refractivity contribution < 1.29 is 35.8 Å². The van der Waals surface area contributed by atoms with Gasteiger partial charge < -0.3 is 9.47 Å². The van der Waals surface area contributed by atoms with Gasteiger partial charge in [-0.25, -0.2) is 4.98 Å². The van der Waals surface area contributed by atoms with Gasteiger partial charge in [0.1, 0.15) is 11.5 Å². The molecule has 4 aromatic rings. The summed E-state index contributed by atoms with van der Waals surface area (Å²) in [5.74, 6) is -1.01. The van der Waals surface area contributed by atoms with Crippen molar-refractivity contribution >= 4 is 5.65 Å². The maximum Gasteiger partial charge on any atom is 0.453 e. The summed E-state index contributed by atoms with van der Waals surface area (Å²) < 4.78 is 87.8. The molecule has 0 N–H and O–H groups in total. The van der Waals surface area contributed by atoms with Crippen LogP contribution in [0.4, 0.5) is 26.3 Å². The van der Waals surface area contributed by atoms with Gasteiger partial charge >= 0.3 is 12.4 Å². The molecule has 0 radical (unpaired) electrons. The topological polar surface area (TPSA) is 74.4 Å². The average molecular weight is 441 g/mol. The van der Waals surface area contributed by atoms with Crippen molar-refractivity contribution in [2.45, 2.75) is 12.4 Å². The zero-order valence-electron chi connectivity index (χ0n) is 15.0. The van der Waals surface area contributed by atoms with E-state index in [9.17, 15) is 26.3 Å². The highest BCUT2D eigenvalue weighted by Gasteiger charge is 2.37. The number of benzene rings is 1. The predicted molar refractivity (Wildman–Crippen MR) is 91.6 cm³/mol. The number of hydrogen-bond acceptors (Lipinski definition) is 6. The number of fused-ring (bicyclic) bond motifs is 1. The second-order valence-electron chi connectivity index (χ2n) is 6.02. The van der Waals surface area contributed by atoms with Crippen molar-refractivity contribution in [3.05, 3.63) is 66.1 Å². The quantitative estimate of drug-likeness (QED) is 0.408. The Morgan fingerprint density at radius 2 is 1.29 bits per heavy atom. The number of pyridine rings is 1. The lowest BCUT2D eigenvalue weighted by atomic mass is 10.3. The first kappa shape index (κ1) is 20.4. The lowest BCUT2D eigenvalue weighted by molar-refractivity contribution is -0.146. The van der Waals surface area contributed by atoms with E-state index in [1.165, 1.54) is 36.4 Å². The molecule has 0 amide bonds. The first-order valence-corrected chi connectivity index (χ1v) is 8.38. The van der Waals surface area contributed by atoms with Crippen LogP contribution in [0.1, 0.15) is 11.4 Å². The Kier molecular flexibility index (Phi) is 4.87. The molecule has 0 atom stereocenters. The molecule has 13 heteroatoms. The van der Waals surface area contributed by atoms with Crippen molar-refractivity contribution in [3.63, 3.8) is 0 Å². The molecule has 0 saturated heterocycles. The number of alkyl halides is 6. The molecule has 3 heterocycles. The van der Waals surface area contributed by atoms with E-state index in [1.807, 2.05) is 0 Å². The molecular formula is C18H9F6N5O2. The van der Waals surface area contributed by atoms with E-state index in [0.717, 1.165) is 12.1 Å². The number of hydrogen-bond donors (Lipinski definition) is 0. The highest BCUT2D eigenvalue weighted by Crippen LogP contribution is 2.31. The summed E-state index contributed by atoms with van der Waals surface area (Å²) in [4.78, 5) is 3.59. The van der Waals surface area contributed by atoms with Crippen molar-refractivity contribution in [2.75, 3.05) is 0 Å². The minimum Gasteiger partial charge on any atom is -0.439 e. The number of aromatic nitrogens is 5. The molecule has 7 nitrogen and oxygen atoms in total. The lowest BCUT2D eigenvalue weighted by Crippen LogP contribution is -2.12. The van der Waals surface area contributed by atoms with E-state index in [1.54, 1.807) is 0 Å². The van der Waals surface area contributed by atoms with E-state index >= 15 is 0 Å². The molecule has 0 spiro atoms. The summed E-state index contributed by atoms with van der Waals surface area (Å²) in [6.07, 6.45) is -8.60. The van der Waals surface area contributed by atoms with Gasteiger partial charge in [0.2, 0.25) is 11.8 Å². The highest BCUT2D eigenvalue weighted by molar-refractivity contribution is 5.40. The van der Waals surface area contributed by atoms with Gasteiger partial charge in [0.05, 0.1) is 5.56 Å². The summed E-state index contributed by atoms with van der Waals surface area (Å²) in [6.45, 7) is 0. The van der Waals surface area contributed by atoms with Crippen LogP contribution in [0.15, 0.2) is 54.7 Å². The number of ether oxygens (including phenoxy) is 2. The van der Waals surface area contributed by atoms with E-state index in [2.05, 4.69) is 20.3 Å². The summed E-state index contributed by atoms with van der Waals surface area (Å²) in [7, 11) is 0. The largest absolute Gasteiger partial charge is 0.453 e. The molecule has 0 fully saturated rings. The summed E-state index contributed by atoms with van der Waals surface area (Å²) in [6, 6.07) is 10.2. The Morgan fingerprint density at radius 3 is 1.84 bits per heavy atom. The molecule has 0 bridgehead atoms. The first-order valence-electron chi connectivity index (χ1n) is 8.38. The van der Waals surface area contributed by atoms with Gasteiger partial charge in [-0.3, -0.25) is 0 Å². The zero-order valence-corrected chi connectivity index (χ0v) is 15.0. The standard InChI is InChI=1S/C18H9F6N5O2/c19-17(20,21)10-1-7-14(25-9-10)30-11-2-4-12(5-3-11)31-15-8-6-13-26-27-16(18(22,23)24)29(13)28-15/h1-9H. The van der Waals surface area contributed by atoms with E-state index in [0.29, 0.717) is 10.7 Å². The lowest BCUT2D eigenvalue weighted by Gasteiger charge is -2.09. The van der Waals surface area contributed by atoms with E-state index < -0.39 is 23.7 Å². The fourth-order valence-corrected chi connectivity index (χ4v) is 2.43. The maximum absolute atomic E-state index is 12.9. The van der Waals surface area contributed by atoms with Crippen LogP contribution in [0.25, 0.3) is 5.65 Å². The van der Waals surface area contributed by atoms with Crippen LogP contribution in [0.5, 0.6) is 23.3 Å². The molecule has 0 aliphatic heterocycles. The maximum atomic E-state index is 12.9. The van der Waals surface area contributed by atoms with E-state index in [-0.39, 0.29) is 28.9 Å². The minimum absolute atomic E-state index is 0.0546. The third kappa shape index (κ3) is 4.49. The molecule has 0 aliphatic carbocycles. The molecular weight excluding hydrogens is 432 g/mol. The third-order valence-electron chi connectivity index (χ3n) is 3.82. The predicted octanol–water partition coefficient (Wildman–Crippen LogP) is 5.14. The Hall–Kier alpha value is -3.90. The van der Waals surface area contributed by atoms with Crippen LogP contribution in [0.3, 0.4) is 0 Å². The van der Waals surface area contributed by atoms with Crippen LogP contribution >= 0.6 is 0 Å². The molecule has 0 aliphatic rings. The Bertz CT molecular complexity index is 1200. The molecule has 1 aromatic carbocycles. The summed E-state index contributed by atoms with van der Waals surface area (Å²) in [5, 5.41) is 10.2. The second-order valence-corrected chi connectivity index (χ2v) is 6.02. The molecule has 31 heavy (non-hydrogen) atoms. The summed E-state index contributed by atoms with van der Waals surface area (Å²) >= 11 is 0. The third-order valence-corrected chi connectivity index (χ3v) is 3.82. The van der Waals surface area contributed by atoms with Gasteiger partial charge in [0, 0.05) is 18.3 Å². The molecule has 3 aromatic heterocycles. The normalized spacial score (nSPS) is 12.2. The second kappa shape index (κ2) is 7.41. The van der Waals surface area contributed by atoms with Gasteiger partial charge in [-0.1, -0.05) is 0 Å². The van der Waals surface area contributed by atoms with E-state index in [4.69, 9.17) is 9.47 Å². The zero-order chi connectivity index (χ0) is 22.2. The van der Waals surface area contributed by atoms with Gasteiger partial charge in [0.25, 0.3) is 5.82 Å². The van der Waals surface area contributed by atoms with Gasteiger partial charge in [-0.2, -0.15) is 30.9 Å². The molecule has 0 unspecified atom stereocenters. The Morgan fingerprint density at radius 1 is 0.677 bits per heavy atom. The Balaban J connectivity index is 1.47. The average Bonchev–Trinajstić information content (AvgIpc) is 3.13. The fraction of sp³-hybridized carbons (Fsp3) is 0.111. The van der Waals surface area contributed by atoms with Gasteiger partial charge in [0.15, 0.2) is 5.65 Å². The van der Waals surface area contributed by atoms with Crippen LogP contribution < -0.4 is 9.47 Å². The van der Waals surface area contributed by atoms with Crippen molar-refractivity contribution in [3.8, 4) is 23.3 Å². The van der Waals surface area contributed by atoms with Gasteiger partial charge in [-0.15, -0.1) is 15.3 Å². The number of rotatable bonds is 4. The SMILES string of the molecule is FC(F)(F)c1ccc(Oc2ccc(Oc3ccc4nnc(C(F)(F)F)n4n3)cc2)nc1. The molecule has 160 valence electrons. The summed E-state index contributed by atoms with van der Waals surface area (Å²) in [5.41, 5.74) is -1.01. The fourth-order valence-electron chi connectivity index (χ4n) is 2.43. The highest BCUT2D eigenvalue weighted by atomic mass is 19.4. The Labute approximate surface area is 168 Å². The molecule has 0 saturated carbocycles. The van der Waals surface area contributed by atoms with Crippen LogP contribution in [0.2, 0.25) is 0 Å². The number of nitrogens with zero attached hydrogens (tertiary/aromatic N) is 5. The van der Waals surface area contributed by atoms with Crippen molar-refractivity contribution in [1.82, 2.24) is 24.8 Å². The van der Waals surface area contributed by atoms with Crippen LogP contribution in [-0.4, -0.2) is 24.8 Å². The first-order chi connectivity index (χ1) is 14.6. The van der Waals surface area contributed by atoms with Crippen molar-refractivity contribution in [2.24, 2.45) is 0 Å². The minimum atomic E-state index is -4.74. The van der Waals surface area contributed by atoms with Crippen molar-refractivity contribution in [1.29, 1.82) is 0 Å². The van der Waals surface area contributed by atoms with Crippen LogP contribution in [-0.2, 0) is 12.4 Å². The van der Waals surface area contributed by atoms with Crippen LogP contribution in [0, 0.1) is 0 Å². The monoisotopic (exact) mass is 441 g/mol. The smallest absolute Gasteiger partial charge is 0.439 e. The van der Waals surface area contributed by atoms with Gasteiger partial charge in [-0.05, 0) is 36.4 Å². The molecule has 4 rings (SSSR count).